The van der Waals surface area contributed by atoms with E-state index in [1.807, 2.05) is 30.3 Å². The van der Waals surface area contributed by atoms with Gasteiger partial charge < -0.3 is 11.1 Å². The van der Waals surface area contributed by atoms with Gasteiger partial charge in [-0.1, -0.05) is 23.7 Å². The van der Waals surface area contributed by atoms with Gasteiger partial charge in [0, 0.05) is 22.2 Å². The minimum atomic E-state index is 0.639. The van der Waals surface area contributed by atoms with Crippen LogP contribution in [0.4, 0.5) is 11.5 Å². The molecule has 0 bridgehead atoms. The normalized spacial score (nSPS) is 10.3. The van der Waals surface area contributed by atoms with Crippen LogP contribution in [-0.4, -0.2) is 11.5 Å². The van der Waals surface area contributed by atoms with Crippen molar-refractivity contribution < 1.29 is 0 Å². The van der Waals surface area contributed by atoms with E-state index in [0.29, 0.717) is 11.5 Å². The summed E-state index contributed by atoms with van der Waals surface area (Å²) in [6.45, 7) is 0.778. The largest absolute Gasteiger partial charge is 0.396 e. The van der Waals surface area contributed by atoms with E-state index in [9.17, 15) is 0 Å². The number of anilines is 2. The number of aromatic nitrogens is 1. The van der Waals surface area contributed by atoms with Crippen LogP contribution in [-0.2, 0) is 6.42 Å². The molecule has 0 aliphatic carbocycles. The Morgan fingerprint density at radius 2 is 2.00 bits per heavy atom. The Hall–Kier alpha value is -1.26. The molecule has 0 aliphatic rings. The van der Waals surface area contributed by atoms with Gasteiger partial charge in [-0.2, -0.15) is 0 Å². The Balaban J connectivity index is 1.90. The van der Waals surface area contributed by atoms with Gasteiger partial charge in [-0.3, -0.25) is 0 Å². The van der Waals surface area contributed by atoms with Crippen molar-refractivity contribution in [3.05, 3.63) is 51.6 Å². The Bertz CT molecular complexity index is 528. The number of halogens is 2. The van der Waals surface area contributed by atoms with Gasteiger partial charge in [-0.25, -0.2) is 4.98 Å². The van der Waals surface area contributed by atoms with Crippen LogP contribution in [0.3, 0.4) is 0 Å². The first kappa shape index (κ1) is 13.2. The summed E-state index contributed by atoms with van der Waals surface area (Å²) in [5.41, 5.74) is 7.71. The van der Waals surface area contributed by atoms with Gasteiger partial charge in [0.25, 0.3) is 0 Å². The Kier molecular flexibility index (Phi) is 4.44. The highest BCUT2D eigenvalue weighted by Crippen LogP contribution is 2.19. The maximum Gasteiger partial charge on any atom is 0.149 e. The molecule has 0 saturated heterocycles. The minimum absolute atomic E-state index is 0.639. The predicted octanol–water partition coefficient (Wildman–Crippen LogP) is 3.73. The number of rotatable bonds is 4. The number of hydrogen-bond donors (Lipinski definition) is 2. The van der Waals surface area contributed by atoms with Crippen LogP contribution in [0.2, 0.25) is 5.02 Å². The number of hydrogen-bond acceptors (Lipinski definition) is 3. The van der Waals surface area contributed by atoms with Gasteiger partial charge in [-0.15, -0.1) is 0 Å². The molecule has 2 aromatic rings. The minimum Gasteiger partial charge on any atom is -0.396 e. The third kappa shape index (κ3) is 3.62. The fourth-order valence-electron chi connectivity index (χ4n) is 1.58. The van der Waals surface area contributed by atoms with Gasteiger partial charge in [0.2, 0.25) is 0 Å². The lowest BCUT2D eigenvalue weighted by Gasteiger charge is -2.08. The summed E-state index contributed by atoms with van der Waals surface area (Å²) in [6.07, 6.45) is 2.62. The van der Waals surface area contributed by atoms with Crippen molar-refractivity contribution in [1.82, 2.24) is 4.98 Å². The van der Waals surface area contributed by atoms with Crippen LogP contribution in [0.5, 0.6) is 0 Å². The van der Waals surface area contributed by atoms with Gasteiger partial charge >= 0.3 is 0 Å². The lowest BCUT2D eigenvalue weighted by Crippen LogP contribution is -2.08. The molecule has 1 heterocycles. The highest BCUT2D eigenvalue weighted by Gasteiger charge is 2.01. The molecule has 3 nitrogen and oxygen atoms in total. The fraction of sp³-hybridized carbons (Fsp3) is 0.154. The second kappa shape index (κ2) is 6.07. The second-order valence-corrected chi connectivity index (χ2v) is 5.25. The van der Waals surface area contributed by atoms with E-state index in [1.54, 1.807) is 6.20 Å². The molecule has 0 spiro atoms. The Labute approximate surface area is 119 Å². The summed E-state index contributed by atoms with van der Waals surface area (Å²) in [7, 11) is 0. The Morgan fingerprint density at radius 3 is 2.67 bits per heavy atom. The zero-order valence-electron chi connectivity index (χ0n) is 9.66. The molecule has 94 valence electrons. The van der Waals surface area contributed by atoms with E-state index in [4.69, 9.17) is 17.3 Å². The van der Waals surface area contributed by atoms with Crippen LogP contribution >= 0.6 is 27.5 Å². The van der Waals surface area contributed by atoms with Crippen molar-refractivity contribution in [1.29, 1.82) is 0 Å². The van der Waals surface area contributed by atoms with Crippen molar-refractivity contribution in [2.24, 2.45) is 0 Å². The number of nitrogens with two attached hydrogens (primary N) is 1. The van der Waals surface area contributed by atoms with E-state index in [1.165, 1.54) is 5.56 Å². The van der Waals surface area contributed by atoms with E-state index in [0.717, 1.165) is 22.5 Å². The highest BCUT2D eigenvalue weighted by molar-refractivity contribution is 9.10. The molecule has 0 unspecified atom stereocenters. The van der Waals surface area contributed by atoms with Crippen molar-refractivity contribution >= 4 is 39.0 Å². The number of nitrogen functional groups attached to an aromatic ring is 1. The van der Waals surface area contributed by atoms with E-state index in [-0.39, 0.29) is 0 Å². The fourth-order valence-corrected chi connectivity index (χ4v) is 2.05. The van der Waals surface area contributed by atoms with Crippen molar-refractivity contribution in [3.8, 4) is 0 Å². The van der Waals surface area contributed by atoms with Crippen molar-refractivity contribution in [2.75, 3.05) is 17.6 Å². The number of benzene rings is 1. The molecule has 0 saturated carbocycles. The molecule has 1 aromatic carbocycles. The predicted molar refractivity (Wildman–Crippen MR) is 80.0 cm³/mol. The molecule has 5 heteroatoms. The molecule has 0 radical (unpaired) electrons. The SMILES string of the molecule is Nc1cc(Br)cnc1NCCc1ccc(Cl)cc1. The summed E-state index contributed by atoms with van der Waals surface area (Å²) in [5, 5.41) is 3.97. The molecular formula is C13H13BrClN3. The summed E-state index contributed by atoms with van der Waals surface area (Å²) in [4.78, 5) is 4.22. The maximum absolute atomic E-state index is 5.85. The first-order chi connectivity index (χ1) is 8.65. The quantitative estimate of drug-likeness (QED) is 0.900. The topological polar surface area (TPSA) is 50.9 Å². The lowest BCUT2D eigenvalue weighted by atomic mass is 10.1. The van der Waals surface area contributed by atoms with Crippen molar-refractivity contribution in [3.63, 3.8) is 0 Å². The number of pyridine rings is 1. The summed E-state index contributed by atoms with van der Waals surface area (Å²) in [5.74, 6) is 0.715. The summed E-state index contributed by atoms with van der Waals surface area (Å²) >= 11 is 9.16. The molecular weight excluding hydrogens is 314 g/mol. The number of nitrogens with one attached hydrogen (secondary N) is 1. The summed E-state index contributed by atoms with van der Waals surface area (Å²) < 4.78 is 0.878. The monoisotopic (exact) mass is 325 g/mol. The van der Waals surface area contributed by atoms with Crippen LogP contribution in [0.15, 0.2) is 41.0 Å². The molecule has 0 aliphatic heterocycles. The standard InChI is InChI=1S/C13H13BrClN3/c14-10-7-12(16)13(18-8-10)17-6-5-9-1-3-11(15)4-2-9/h1-4,7-8H,5-6,16H2,(H,17,18). The molecule has 3 N–H and O–H groups in total. The molecule has 0 amide bonds. The van der Waals surface area contributed by atoms with Crippen LogP contribution in [0, 0.1) is 0 Å². The van der Waals surface area contributed by atoms with Gasteiger partial charge in [0.1, 0.15) is 5.82 Å². The molecule has 2 rings (SSSR count). The summed E-state index contributed by atoms with van der Waals surface area (Å²) in [6, 6.07) is 9.65. The zero-order chi connectivity index (χ0) is 13.0. The van der Waals surface area contributed by atoms with Crippen molar-refractivity contribution in [2.45, 2.75) is 6.42 Å². The van der Waals surface area contributed by atoms with E-state index >= 15 is 0 Å². The first-order valence-electron chi connectivity index (χ1n) is 5.54. The zero-order valence-corrected chi connectivity index (χ0v) is 12.0. The smallest absolute Gasteiger partial charge is 0.149 e. The molecule has 18 heavy (non-hydrogen) atoms. The van der Waals surface area contributed by atoms with Crippen LogP contribution in [0.1, 0.15) is 5.56 Å². The van der Waals surface area contributed by atoms with Gasteiger partial charge in [-0.05, 0) is 46.1 Å². The lowest BCUT2D eigenvalue weighted by molar-refractivity contribution is 1.01. The number of nitrogens with zero attached hydrogens (tertiary/aromatic N) is 1. The third-order valence-electron chi connectivity index (χ3n) is 2.50. The third-order valence-corrected chi connectivity index (χ3v) is 3.19. The Morgan fingerprint density at radius 1 is 1.28 bits per heavy atom. The van der Waals surface area contributed by atoms with Gasteiger partial charge in [0.15, 0.2) is 0 Å². The molecule has 0 atom stereocenters. The average Bonchev–Trinajstić information content (AvgIpc) is 2.34. The highest BCUT2D eigenvalue weighted by atomic mass is 79.9. The van der Waals surface area contributed by atoms with Crippen LogP contribution in [0.25, 0.3) is 0 Å². The maximum atomic E-state index is 5.85. The molecule has 0 fully saturated rings. The van der Waals surface area contributed by atoms with E-state index < -0.39 is 0 Å². The molecule has 1 aromatic heterocycles. The van der Waals surface area contributed by atoms with E-state index in [2.05, 4.69) is 26.2 Å². The first-order valence-corrected chi connectivity index (χ1v) is 6.71. The average molecular weight is 327 g/mol. The second-order valence-electron chi connectivity index (χ2n) is 3.89. The van der Waals surface area contributed by atoms with Gasteiger partial charge in [0.05, 0.1) is 5.69 Å². The van der Waals surface area contributed by atoms with Crippen LogP contribution < -0.4 is 11.1 Å².